The normalized spacial score (nSPS) is 14.8. The maximum Gasteiger partial charge on any atom is 0.276 e. The number of hydrogen-bond donors (Lipinski definition) is 0. The summed E-state index contributed by atoms with van der Waals surface area (Å²) < 4.78 is 7.69. The van der Waals surface area contributed by atoms with E-state index in [2.05, 4.69) is 27.4 Å². The van der Waals surface area contributed by atoms with E-state index in [-0.39, 0.29) is 12.0 Å². The highest BCUT2D eigenvalue weighted by atomic mass is 16.5. The number of likely N-dealkylation sites (tertiary alicyclic amines) is 1. The molecule has 1 amide bonds. The summed E-state index contributed by atoms with van der Waals surface area (Å²) in [6.45, 7) is 2.55. The number of aryl methyl sites for hydroxylation is 2. The van der Waals surface area contributed by atoms with Crippen LogP contribution in [0.15, 0.2) is 60.9 Å². The molecule has 0 atom stereocenters. The maximum atomic E-state index is 12.7. The highest BCUT2D eigenvalue weighted by Gasteiger charge is 2.25. The van der Waals surface area contributed by atoms with Crippen molar-refractivity contribution in [2.24, 2.45) is 0 Å². The number of carbonyl (C=O) groups excluding carboxylic acids is 1. The standard InChI is InChI=1S/C22H25N5O2/c28-22(21-16-27(25-24-21)15-9-18-6-2-1-3-7-18)26-13-10-20(11-14-26)29-17-19-8-4-5-12-23-19/h1-8,12,16,20H,9-11,13-15,17H2. The van der Waals surface area contributed by atoms with Crippen LogP contribution in [0.5, 0.6) is 0 Å². The van der Waals surface area contributed by atoms with Crippen molar-refractivity contribution in [1.82, 2.24) is 24.9 Å². The van der Waals surface area contributed by atoms with Crippen molar-refractivity contribution in [3.8, 4) is 0 Å². The van der Waals surface area contributed by atoms with Crippen LogP contribution in [0.4, 0.5) is 0 Å². The molecule has 0 N–H and O–H groups in total. The van der Waals surface area contributed by atoms with E-state index >= 15 is 0 Å². The van der Waals surface area contributed by atoms with Gasteiger partial charge in [0.05, 0.1) is 24.6 Å². The van der Waals surface area contributed by atoms with E-state index in [1.807, 2.05) is 41.3 Å². The molecule has 1 fully saturated rings. The average Bonchev–Trinajstić information content (AvgIpc) is 3.27. The van der Waals surface area contributed by atoms with Gasteiger partial charge >= 0.3 is 0 Å². The zero-order valence-corrected chi connectivity index (χ0v) is 16.4. The third-order valence-electron chi connectivity index (χ3n) is 5.15. The van der Waals surface area contributed by atoms with Crippen molar-refractivity contribution in [3.63, 3.8) is 0 Å². The fourth-order valence-corrected chi connectivity index (χ4v) is 3.47. The van der Waals surface area contributed by atoms with Crippen LogP contribution in [0.3, 0.4) is 0 Å². The van der Waals surface area contributed by atoms with Crippen LogP contribution < -0.4 is 0 Å². The summed E-state index contributed by atoms with van der Waals surface area (Å²) in [5.74, 6) is -0.0564. The summed E-state index contributed by atoms with van der Waals surface area (Å²) in [7, 11) is 0. The molecule has 7 nitrogen and oxygen atoms in total. The summed E-state index contributed by atoms with van der Waals surface area (Å²) >= 11 is 0. The minimum atomic E-state index is -0.0564. The van der Waals surface area contributed by atoms with Gasteiger partial charge in [0.15, 0.2) is 5.69 Å². The van der Waals surface area contributed by atoms with E-state index < -0.39 is 0 Å². The molecule has 1 saturated heterocycles. The zero-order valence-electron chi connectivity index (χ0n) is 16.4. The van der Waals surface area contributed by atoms with Crippen molar-refractivity contribution < 1.29 is 9.53 Å². The number of nitrogens with zero attached hydrogens (tertiary/aromatic N) is 5. The van der Waals surface area contributed by atoms with Gasteiger partial charge in [-0.25, -0.2) is 0 Å². The number of rotatable bonds is 7. The van der Waals surface area contributed by atoms with E-state index in [4.69, 9.17) is 4.74 Å². The lowest BCUT2D eigenvalue weighted by Crippen LogP contribution is -2.41. The first-order valence-corrected chi connectivity index (χ1v) is 10.0. The molecule has 0 aliphatic carbocycles. The van der Waals surface area contributed by atoms with Crippen molar-refractivity contribution in [3.05, 3.63) is 77.9 Å². The summed E-state index contributed by atoms with van der Waals surface area (Å²) in [6, 6.07) is 16.0. The second-order valence-electron chi connectivity index (χ2n) is 7.23. The molecule has 29 heavy (non-hydrogen) atoms. The first kappa shape index (κ1) is 19.3. The molecule has 2 aromatic heterocycles. The number of amides is 1. The molecule has 0 spiro atoms. The molecule has 0 radical (unpaired) electrons. The predicted molar refractivity (Wildman–Crippen MR) is 108 cm³/mol. The molecule has 3 aromatic rings. The maximum absolute atomic E-state index is 12.7. The molecular weight excluding hydrogens is 366 g/mol. The second-order valence-corrected chi connectivity index (χ2v) is 7.23. The molecule has 7 heteroatoms. The molecule has 0 bridgehead atoms. The van der Waals surface area contributed by atoms with Gasteiger partial charge in [0.25, 0.3) is 5.91 Å². The van der Waals surface area contributed by atoms with Crippen LogP contribution >= 0.6 is 0 Å². The van der Waals surface area contributed by atoms with Gasteiger partial charge in [-0.1, -0.05) is 41.6 Å². The number of benzene rings is 1. The molecule has 1 aliphatic rings. The molecule has 4 rings (SSSR count). The van der Waals surface area contributed by atoms with Crippen LogP contribution in [-0.4, -0.2) is 50.0 Å². The molecule has 0 unspecified atom stereocenters. The number of piperidine rings is 1. The van der Waals surface area contributed by atoms with Crippen molar-refractivity contribution in [2.75, 3.05) is 13.1 Å². The van der Waals surface area contributed by atoms with Crippen LogP contribution in [0.1, 0.15) is 34.6 Å². The lowest BCUT2D eigenvalue weighted by molar-refractivity contribution is -0.00173. The van der Waals surface area contributed by atoms with Crippen LogP contribution in [-0.2, 0) is 24.3 Å². The Bertz CT molecular complexity index is 905. The van der Waals surface area contributed by atoms with Crippen LogP contribution in [0.2, 0.25) is 0 Å². The van der Waals surface area contributed by atoms with Gasteiger partial charge in [-0.05, 0) is 37.0 Å². The Kier molecular flexibility index (Phi) is 6.26. The monoisotopic (exact) mass is 391 g/mol. The fraction of sp³-hybridized carbons (Fsp3) is 0.364. The molecule has 1 aliphatic heterocycles. The topological polar surface area (TPSA) is 73.1 Å². The lowest BCUT2D eigenvalue weighted by atomic mass is 10.1. The zero-order chi connectivity index (χ0) is 19.9. The molecule has 0 saturated carbocycles. The van der Waals surface area contributed by atoms with Gasteiger partial charge in [0.2, 0.25) is 0 Å². The molecule has 3 heterocycles. The fourth-order valence-electron chi connectivity index (χ4n) is 3.47. The summed E-state index contributed by atoms with van der Waals surface area (Å²) in [5, 5.41) is 8.19. The second kappa shape index (κ2) is 9.43. The summed E-state index contributed by atoms with van der Waals surface area (Å²) in [5.41, 5.74) is 2.58. The number of hydrogen-bond acceptors (Lipinski definition) is 5. The Morgan fingerprint density at radius 3 is 2.62 bits per heavy atom. The van der Waals surface area contributed by atoms with Crippen LogP contribution in [0, 0.1) is 0 Å². The first-order valence-electron chi connectivity index (χ1n) is 10.0. The Morgan fingerprint density at radius 1 is 1.07 bits per heavy atom. The Labute approximate surface area is 170 Å². The third-order valence-corrected chi connectivity index (χ3v) is 5.15. The Balaban J connectivity index is 1.24. The first-order chi connectivity index (χ1) is 14.3. The van der Waals surface area contributed by atoms with E-state index in [1.165, 1.54) is 5.56 Å². The van der Waals surface area contributed by atoms with E-state index in [0.29, 0.717) is 31.9 Å². The van der Waals surface area contributed by atoms with Gasteiger partial charge < -0.3 is 9.64 Å². The molecular formula is C22H25N5O2. The Hall–Kier alpha value is -3.06. The van der Waals surface area contributed by atoms with E-state index in [1.54, 1.807) is 17.1 Å². The SMILES string of the molecule is O=C(c1cn(CCc2ccccc2)nn1)N1CCC(OCc2ccccn2)CC1. The largest absolute Gasteiger partial charge is 0.372 e. The smallest absolute Gasteiger partial charge is 0.276 e. The van der Waals surface area contributed by atoms with Gasteiger partial charge in [0, 0.05) is 25.8 Å². The summed E-state index contributed by atoms with van der Waals surface area (Å²) in [4.78, 5) is 18.8. The quantitative estimate of drug-likeness (QED) is 0.619. The van der Waals surface area contributed by atoms with Gasteiger partial charge in [-0.2, -0.15) is 0 Å². The minimum absolute atomic E-state index is 0.0564. The number of pyridine rings is 1. The van der Waals surface area contributed by atoms with Gasteiger partial charge in [-0.3, -0.25) is 14.5 Å². The average molecular weight is 391 g/mol. The predicted octanol–water partition coefficient (Wildman–Crippen LogP) is 2.74. The van der Waals surface area contributed by atoms with E-state index in [0.717, 1.165) is 25.0 Å². The molecule has 1 aromatic carbocycles. The minimum Gasteiger partial charge on any atom is -0.372 e. The van der Waals surface area contributed by atoms with Gasteiger partial charge in [0.1, 0.15) is 0 Å². The van der Waals surface area contributed by atoms with E-state index in [9.17, 15) is 4.79 Å². The highest BCUT2D eigenvalue weighted by Crippen LogP contribution is 2.17. The number of ether oxygens (including phenoxy) is 1. The number of carbonyl (C=O) groups is 1. The Morgan fingerprint density at radius 2 is 1.86 bits per heavy atom. The van der Waals surface area contributed by atoms with Crippen molar-refractivity contribution >= 4 is 5.91 Å². The summed E-state index contributed by atoms with van der Waals surface area (Å²) in [6.07, 6.45) is 6.17. The van der Waals surface area contributed by atoms with Gasteiger partial charge in [-0.15, -0.1) is 5.10 Å². The number of aromatic nitrogens is 4. The molecule has 150 valence electrons. The van der Waals surface area contributed by atoms with Crippen molar-refractivity contribution in [2.45, 2.75) is 38.5 Å². The lowest BCUT2D eigenvalue weighted by Gasteiger charge is -2.31. The third kappa shape index (κ3) is 5.26. The van der Waals surface area contributed by atoms with Crippen molar-refractivity contribution in [1.29, 1.82) is 0 Å². The highest BCUT2D eigenvalue weighted by molar-refractivity contribution is 5.92. The van der Waals surface area contributed by atoms with Crippen LogP contribution in [0.25, 0.3) is 0 Å².